The summed E-state index contributed by atoms with van der Waals surface area (Å²) in [6, 6.07) is 0. The van der Waals surface area contributed by atoms with Crippen LogP contribution in [0.15, 0.2) is 6.20 Å². The van der Waals surface area contributed by atoms with Crippen molar-refractivity contribution in [2.24, 2.45) is 0 Å². The lowest BCUT2D eigenvalue weighted by Crippen LogP contribution is -2.05. The number of hydrogen-bond acceptors (Lipinski definition) is 3. The number of ether oxygens (including phenoxy) is 1. The minimum atomic E-state index is -0.372. The maximum atomic E-state index is 11.1. The monoisotopic (exact) mass is 232 g/mol. The van der Waals surface area contributed by atoms with Gasteiger partial charge in [0.05, 0.1) is 13.3 Å². The molecule has 0 unspecified atom stereocenters. The normalized spacial score (nSPS) is 9.83. The lowest BCUT2D eigenvalue weighted by Gasteiger charge is -1.97. The van der Waals surface area contributed by atoms with Gasteiger partial charge in [0.2, 0.25) is 0 Å². The van der Waals surface area contributed by atoms with Crippen molar-refractivity contribution in [3.8, 4) is 0 Å². The molecule has 1 N–H and O–H groups in total. The fourth-order valence-corrected chi connectivity index (χ4v) is 1.31. The highest BCUT2D eigenvalue weighted by Crippen LogP contribution is 2.07. The van der Waals surface area contributed by atoms with Crippen molar-refractivity contribution in [1.29, 1.82) is 0 Å². The van der Waals surface area contributed by atoms with Crippen LogP contribution in [0.4, 0.5) is 0 Å². The predicted molar refractivity (Wildman–Crippen MR) is 47.4 cm³/mol. The summed E-state index contributed by atoms with van der Waals surface area (Å²) in [5.74, 6) is -0.372. The zero-order valence-electron chi connectivity index (χ0n) is 6.63. The third-order valence-electron chi connectivity index (χ3n) is 1.47. The zero-order valence-corrected chi connectivity index (χ0v) is 8.22. The number of carbonyl (C=O) groups is 1. The second kappa shape index (κ2) is 4.25. The fourth-order valence-electron chi connectivity index (χ4n) is 0.881. The van der Waals surface area contributed by atoms with E-state index in [4.69, 9.17) is 0 Å². The van der Waals surface area contributed by atoms with Crippen LogP contribution >= 0.6 is 15.9 Å². The highest BCUT2D eigenvalue weighted by molar-refractivity contribution is 9.09. The molecule has 1 aromatic heterocycles. The van der Waals surface area contributed by atoms with E-state index in [0.29, 0.717) is 5.69 Å². The molecule has 1 heterocycles. The summed E-state index contributed by atoms with van der Waals surface area (Å²) < 4.78 is 4.56. The van der Waals surface area contributed by atoms with E-state index in [-0.39, 0.29) is 5.97 Å². The number of H-pyrrole nitrogens is 1. The van der Waals surface area contributed by atoms with Gasteiger partial charge in [0, 0.05) is 10.9 Å². The number of esters is 1. The molecule has 12 heavy (non-hydrogen) atoms. The van der Waals surface area contributed by atoms with E-state index in [1.165, 1.54) is 7.11 Å². The van der Waals surface area contributed by atoms with Crippen molar-refractivity contribution in [3.63, 3.8) is 0 Å². The molecule has 0 atom stereocenters. The van der Waals surface area contributed by atoms with Gasteiger partial charge >= 0.3 is 5.97 Å². The quantitative estimate of drug-likeness (QED) is 0.629. The van der Waals surface area contributed by atoms with Gasteiger partial charge in [-0.15, -0.1) is 0 Å². The first-order chi connectivity index (χ1) is 5.79. The lowest BCUT2D eigenvalue weighted by molar-refractivity contribution is 0.0593. The molecule has 0 fully saturated rings. The van der Waals surface area contributed by atoms with E-state index in [9.17, 15) is 4.79 Å². The standard InChI is InChI=1S/C7H9BrN2O2/c1-12-7(11)6-5(2-3-8)4-9-10-6/h4H,2-3H2,1H3,(H,9,10). The van der Waals surface area contributed by atoms with Gasteiger partial charge in [0.1, 0.15) is 5.69 Å². The number of aromatic amines is 1. The number of carbonyl (C=O) groups excluding carboxylic acids is 1. The molecule has 0 spiro atoms. The maximum Gasteiger partial charge on any atom is 0.356 e. The summed E-state index contributed by atoms with van der Waals surface area (Å²) >= 11 is 3.28. The van der Waals surface area contributed by atoms with Gasteiger partial charge in [-0.3, -0.25) is 5.10 Å². The van der Waals surface area contributed by atoms with Crippen molar-refractivity contribution in [3.05, 3.63) is 17.5 Å². The van der Waals surface area contributed by atoms with Gasteiger partial charge in [-0.2, -0.15) is 5.10 Å². The predicted octanol–water partition coefficient (Wildman–Crippen LogP) is 1.13. The Morgan fingerprint density at radius 1 is 1.83 bits per heavy atom. The average molecular weight is 233 g/mol. The van der Waals surface area contributed by atoms with E-state index in [1.807, 2.05) is 0 Å². The molecule has 0 amide bonds. The number of methoxy groups -OCH3 is 1. The molecule has 0 aliphatic carbocycles. The zero-order chi connectivity index (χ0) is 8.97. The van der Waals surface area contributed by atoms with Gasteiger partial charge < -0.3 is 4.74 Å². The number of aromatic nitrogens is 2. The van der Waals surface area contributed by atoms with Crippen LogP contribution in [0.5, 0.6) is 0 Å². The van der Waals surface area contributed by atoms with E-state index in [2.05, 4.69) is 30.9 Å². The second-order valence-corrected chi connectivity index (χ2v) is 2.99. The Kier molecular flexibility index (Phi) is 3.28. The SMILES string of the molecule is COC(=O)c1[nH]ncc1CCBr. The Hall–Kier alpha value is -0.840. The number of alkyl halides is 1. The first-order valence-electron chi connectivity index (χ1n) is 3.46. The van der Waals surface area contributed by atoms with Gasteiger partial charge in [0.15, 0.2) is 0 Å². The fraction of sp³-hybridized carbons (Fsp3) is 0.429. The van der Waals surface area contributed by atoms with E-state index < -0.39 is 0 Å². The minimum Gasteiger partial charge on any atom is -0.464 e. The minimum absolute atomic E-state index is 0.372. The summed E-state index contributed by atoms with van der Waals surface area (Å²) in [5, 5.41) is 7.16. The van der Waals surface area contributed by atoms with Gasteiger partial charge in [0.25, 0.3) is 0 Å². The van der Waals surface area contributed by atoms with Crippen molar-refractivity contribution in [2.45, 2.75) is 6.42 Å². The first kappa shape index (κ1) is 9.25. The third-order valence-corrected chi connectivity index (χ3v) is 1.87. The van der Waals surface area contributed by atoms with Gasteiger partial charge in [-0.05, 0) is 6.42 Å². The molecule has 0 aliphatic heterocycles. The van der Waals surface area contributed by atoms with Crippen LogP contribution in [-0.2, 0) is 11.2 Å². The van der Waals surface area contributed by atoms with Gasteiger partial charge in [-0.25, -0.2) is 4.79 Å². The van der Waals surface area contributed by atoms with Crippen LogP contribution in [0, 0.1) is 0 Å². The number of nitrogens with one attached hydrogen (secondary N) is 1. The summed E-state index contributed by atoms with van der Waals surface area (Å²) in [7, 11) is 1.35. The summed E-state index contributed by atoms with van der Waals surface area (Å²) in [5.41, 5.74) is 1.32. The van der Waals surface area contributed by atoms with Crippen molar-refractivity contribution >= 4 is 21.9 Å². The smallest absolute Gasteiger partial charge is 0.356 e. The molecule has 66 valence electrons. The van der Waals surface area contributed by atoms with Crippen LogP contribution in [-0.4, -0.2) is 28.6 Å². The Morgan fingerprint density at radius 3 is 3.17 bits per heavy atom. The molecule has 0 saturated carbocycles. The molecule has 0 radical (unpaired) electrons. The lowest BCUT2D eigenvalue weighted by atomic mass is 10.2. The van der Waals surface area contributed by atoms with Gasteiger partial charge in [-0.1, -0.05) is 15.9 Å². The topological polar surface area (TPSA) is 55.0 Å². The summed E-state index contributed by atoms with van der Waals surface area (Å²) in [6.07, 6.45) is 2.40. The Bertz CT molecular complexity index is 272. The van der Waals surface area contributed by atoms with Crippen LogP contribution in [0.2, 0.25) is 0 Å². The Labute approximate surface area is 78.4 Å². The van der Waals surface area contributed by atoms with Crippen molar-refractivity contribution in [1.82, 2.24) is 10.2 Å². The number of nitrogens with zero attached hydrogens (tertiary/aromatic N) is 1. The number of halogens is 1. The number of hydrogen-bond donors (Lipinski definition) is 1. The van der Waals surface area contributed by atoms with Crippen LogP contribution in [0.1, 0.15) is 16.1 Å². The molecular weight excluding hydrogens is 224 g/mol. The highest BCUT2D eigenvalue weighted by atomic mass is 79.9. The van der Waals surface area contributed by atoms with Crippen LogP contribution < -0.4 is 0 Å². The van der Waals surface area contributed by atoms with Crippen molar-refractivity contribution < 1.29 is 9.53 Å². The molecule has 0 aliphatic rings. The van der Waals surface area contributed by atoms with E-state index in [1.54, 1.807) is 6.20 Å². The maximum absolute atomic E-state index is 11.1. The molecule has 5 heteroatoms. The Balaban J connectivity index is 2.83. The van der Waals surface area contributed by atoms with Crippen LogP contribution in [0.3, 0.4) is 0 Å². The van der Waals surface area contributed by atoms with E-state index >= 15 is 0 Å². The first-order valence-corrected chi connectivity index (χ1v) is 4.58. The molecule has 4 nitrogen and oxygen atoms in total. The summed E-state index contributed by atoms with van der Waals surface area (Å²) in [6.45, 7) is 0. The van der Waals surface area contributed by atoms with Crippen LogP contribution in [0.25, 0.3) is 0 Å². The molecule has 0 bridgehead atoms. The molecule has 1 aromatic rings. The second-order valence-electron chi connectivity index (χ2n) is 2.20. The highest BCUT2D eigenvalue weighted by Gasteiger charge is 2.12. The largest absolute Gasteiger partial charge is 0.464 e. The third kappa shape index (κ3) is 1.85. The number of rotatable bonds is 3. The molecule has 0 aromatic carbocycles. The number of aryl methyl sites for hydroxylation is 1. The van der Waals surface area contributed by atoms with Crippen molar-refractivity contribution in [2.75, 3.05) is 12.4 Å². The molecule has 0 saturated heterocycles. The van der Waals surface area contributed by atoms with E-state index in [0.717, 1.165) is 17.3 Å². The Morgan fingerprint density at radius 2 is 2.58 bits per heavy atom. The molecular formula is C7H9BrN2O2. The average Bonchev–Trinajstić information content (AvgIpc) is 2.52. The molecule has 1 rings (SSSR count). The summed E-state index contributed by atoms with van der Waals surface area (Å²) in [4.78, 5) is 11.1.